The second kappa shape index (κ2) is 7.90. The number of rotatable bonds is 5. The van der Waals surface area contributed by atoms with Gasteiger partial charge in [-0.05, 0) is 54.4 Å². The van der Waals surface area contributed by atoms with Gasteiger partial charge in [-0.2, -0.15) is 12.7 Å². The van der Waals surface area contributed by atoms with Crippen molar-refractivity contribution in [3.05, 3.63) is 0 Å². The predicted molar refractivity (Wildman–Crippen MR) is 104 cm³/mol. The summed E-state index contributed by atoms with van der Waals surface area (Å²) in [7, 11) is -4.24. The first-order valence-corrected chi connectivity index (χ1v) is 11.1. The smallest absolute Gasteiger partial charge is 0.422 e. The molecule has 0 aromatic carbocycles. The van der Waals surface area contributed by atoms with E-state index in [-0.39, 0.29) is 12.0 Å². The van der Waals surface area contributed by atoms with Gasteiger partial charge in [0.05, 0.1) is 0 Å². The summed E-state index contributed by atoms with van der Waals surface area (Å²) in [5.41, 5.74) is -1.62. The molecule has 1 N–H and O–H groups in total. The number of carbonyl (C=O) groups is 2. The molecule has 2 rings (SSSR count). The van der Waals surface area contributed by atoms with Gasteiger partial charge in [0.2, 0.25) is 0 Å². The molecule has 168 valence electrons. The van der Waals surface area contributed by atoms with Crippen LogP contribution in [0.15, 0.2) is 0 Å². The Hall–Kier alpha value is -1.62. The summed E-state index contributed by atoms with van der Waals surface area (Å²) in [6, 6.07) is -0.438. The zero-order valence-electron chi connectivity index (χ0n) is 18.0. The summed E-state index contributed by atoms with van der Waals surface area (Å²) in [5.74, 6) is 0. The number of halogens is 1. The zero-order valence-corrected chi connectivity index (χ0v) is 18.8. The number of nitrogens with one attached hydrogen (secondary N) is 1. The SMILES string of the molecule is CC(C)(C)OC(=O)NS(=O)(=O)N(CCF)C1CC2(C1)CN(C(=O)OC(C)(C)C)C2. The van der Waals surface area contributed by atoms with Crippen molar-refractivity contribution in [2.75, 3.05) is 26.3 Å². The maximum atomic E-state index is 13.0. The van der Waals surface area contributed by atoms with E-state index in [0.29, 0.717) is 25.9 Å². The number of alkyl halides is 1. The standard InChI is InChI=1S/C18H32FN3O6S/c1-16(2,3)27-14(23)20-29(25,26)22(8-7-19)13-9-18(10-13)11-21(12-18)15(24)28-17(4,5)6/h13H,7-12H2,1-6H3,(H,20,23). The summed E-state index contributed by atoms with van der Waals surface area (Å²) >= 11 is 0. The monoisotopic (exact) mass is 437 g/mol. The van der Waals surface area contributed by atoms with E-state index in [1.54, 1.807) is 46.4 Å². The molecule has 2 aliphatic rings. The molecule has 1 aliphatic carbocycles. The fraction of sp³-hybridized carbons (Fsp3) is 0.889. The third-order valence-electron chi connectivity index (χ3n) is 4.67. The Labute approximate surface area is 172 Å². The molecule has 11 heteroatoms. The molecule has 2 fully saturated rings. The lowest BCUT2D eigenvalue weighted by Crippen LogP contribution is -2.69. The van der Waals surface area contributed by atoms with Gasteiger partial charge in [-0.25, -0.2) is 18.7 Å². The summed E-state index contributed by atoms with van der Waals surface area (Å²) in [6.45, 7) is 9.93. The molecule has 0 atom stereocenters. The van der Waals surface area contributed by atoms with Gasteiger partial charge >= 0.3 is 22.4 Å². The van der Waals surface area contributed by atoms with E-state index < -0.39 is 46.3 Å². The lowest BCUT2D eigenvalue weighted by atomic mass is 9.61. The first kappa shape index (κ1) is 23.7. The van der Waals surface area contributed by atoms with Gasteiger partial charge in [-0.15, -0.1) is 0 Å². The number of amides is 2. The van der Waals surface area contributed by atoms with Gasteiger partial charge < -0.3 is 14.4 Å². The van der Waals surface area contributed by atoms with Crippen LogP contribution in [0.4, 0.5) is 14.0 Å². The van der Waals surface area contributed by atoms with Gasteiger partial charge in [0.1, 0.15) is 17.9 Å². The van der Waals surface area contributed by atoms with E-state index in [2.05, 4.69) is 0 Å². The number of hydrogen-bond donors (Lipinski definition) is 1. The number of ether oxygens (including phenoxy) is 2. The van der Waals surface area contributed by atoms with Crippen LogP contribution >= 0.6 is 0 Å². The molecule has 0 aromatic rings. The number of carbonyl (C=O) groups excluding carboxylic acids is 2. The van der Waals surface area contributed by atoms with Crippen molar-refractivity contribution >= 4 is 22.4 Å². The van der Waals surface area contributed by atoms with Crippen LogP contribution in [-0.2, 0) is 19.7 Å². The molecule has 0 bridgehead atoms. The highest BCUT2D eigenvalue weighted by atomic mass is 32.2. The average molecular weight is 438 g/mol. The first-order valence-electron chi connectivity index (χ1n) is 9.62. The van der Waals surface area contributed by atoms with Crippen LogP contribution in [0.2, 0.25) is 0 Å². The van der Waals surface area contributed by atoms with Gasteiger partial charge in [0, 0.05) is 31.1 Å². The maximum absolute atomic E-state index is 13.0. The van der Waals surface area contributed by atoms with Crippen LogP contribution in [-0.4, -0.2) is 73.4 Å². The minimum atomic E-state index is -4.24. The number of nitrogens with zero attached hydrogens (tertiary/aromatic N) is 2. The van der Waals surface area contributed by atoms with Crippen LogP contribution in [0.3, 0.4) is 0 Å². The van der Waals surface area contributed by atoms with Crippen molar-refractivity contribution in [1.82, 2.24) is 13.9 Å². The largest absolute Gasteiger partial charge is 0.444 e. The topological polar surface area (TPSA) is 105 Å². The van der Waals surface area contributed by atoms with Crippen LogP contribution < -0.4 is 4.72 Å². The van der Waals surface area contributed by atoms with Crippen molar-refractivity contribution in [2.45, 2.75) is 71.6 Å². The highest BCUT2D eigenvalue weighted by molar-refractivity contribution is 7.87. The van der Waals surface area contributed by atoms with Crippen molar-refractivity contribution in [3.63, 3.8) is 0 Å². The predicted octanol–water partition coefficient (Wildman–Crippen LogP) is 2.43. The molecule has 1 spiro atoms. The van der Waals surface area contributed by atoms with Crippen LogP contribution in [0.1, 0.15) is 54.4 Å². The fourth-order valence-electron chi connectivity index (χ4n) is 3.67. The van der Waals surface area contributed by atoms with E-state index in [1.807, 2.05) is 4.72 Å². The number of hydrogen-bond acceptors (Lipinski definition) is 6. The summed E-state index contributed by atoms with van der Waals surface area (Å²) < 4.78 is 51.2. The Kier molecular flexibility index (Phi) is 6.44. The third kappa shape index (κ3) is 6.18. The van der Waals surface area contributed by atoms with Gasteiger partial charge in [0.25, 0.3) is 0 Å². The summed E-state index contributed by atoms with van der Waals surface area (Å²) in [5, 5.41) is 0. The Balaban J connectivity index is 1.92. The van der Waals surface area contributed by atoms with Crippen molar-refractivity contribution in [2.24, 2.45) is 5.41 Å². The van der Waals surface area contributed by atoms with E-state index >= 15 is 0 Å². The molecule has 1 heterocycles. The minimum Gasteiger partial charge on any atom is -0.444 e. The van der Waals surface area contributed by atoms with E-state index in [4.69, 9.17) is 9.47 Å². The normalized spacial score (nSPS) is 19.5. The Morgan fingerprint density at radius 3 is 2.07 bits per heavy atom. The van der Waals surface area contributed by atoms with Gasteiger partial charge in [-0.3, -0.25) is 0 Å². The minimum absolute atomic E-state index is 0.183. The van der Waals surface area contributed by atoms with Crippen LogP contribution in [0, 0.1) is 5.41 Å². The molecule has 9 nitrogen and oxygen atoms in total. The molecule has 29 heavy (non-hydrogen) atoms. The Morgan fingerprint density at radius 1 is 1.10 bits per heavy atom. The second-order valence-corrected chi connectivity index (χ2v) is 11.4. The maximum Gasteiger partial charge on any atom is 0.422 e. The van der Waals surface area contributed by atoms with Gasteiger partial charge in [0.15, 0.2) is 0 Å². The molecule has 1 aliphatic heterocycles. The third-order valence-corrected chi connectivity index (χ3v) is 6.20. The zero-order chi connectivity index (χ0) is 22.3. The molecular formula is C18H32FN3O6S. The fourth-order valence-corrected chi connectivity index (χ4v) is 4.89. The van der Waals surface area contributed by atoms with Gasteiger partial charge in [-0.1, -0.05) is 0 Å². The molecular weight excluding hydrogens is 405 g/mol. The quantitative estimate of drug-likeness (QED) is 0.708. The van der Waals surface area contributed by atoms with Crippen molar-refractivity contribution in [3.8, 4) is 0 Å². The second-order valence-electron chi connectivity index (χ2n) is 9.81. The Bertz CT molecular complexity index is 730. The summed E-state index contributed by atoms with van der Waals surface area (Å²) in [4.78, 5) is 25.5. The summed E-state index contributed by atoms with van der Waals surface area (Å²) in [6.07, 6.45) is -0.523. The first-order chi connectivity index (χ1) is 13.1. The van der Waals surface area contributed by atoms with E-state index in [1.165, 1.54) is 0 Å². The van der Waals surface area contributed by atoms with Crippen LogP contribution in [0.25, 0.3) is 0 Å². The lowest BCUT2D eigenvalue weighted by molar-refractivity contribution is -0.0954. The lowest BCUT2D eigenvalue weighted by Gasteiger charge is -2.60. The average Bonchev–Trinajstić information content (AvgIpc) is 2.37. The van der Waals surface area contributed by atoms with Crippen molar-refractivity contribution < 1.29 is 31.9 Å². The van der Waals surface area contributed by atoms with E-state index in [0.717, 1.165) is 4.31 Å². The molecule has 0 radical (unpaired) electrons. The molecule has 0 aromatic heterocycles. The highest BCUT2D eigenvalue weighted by Crippen LogP contribution is 2.50. The molecule has 1 saturated carbocycles. The number of likely N-dealkylation sites (tertiary alicyclic amines) is 1. The Morgan fingerprint density at radius 2 is 1.62 bits per heavy atom. The molecule has 0 unspecified atom stereocenters. The highest BCUT2D eigenvalue weighted by Gasteiger charge is 2.57. The molecule has 2 amide bonds. The van der Waals surface area contributed by atoms with Crippen LogP contribution in [0.5, 0.6) is 0 Å². The molecule has 1 saturated heterocycles. The van der Waals surface area contributed by atoms with E-state index in [9.17, 15) is 22.4 Å². The van der Waals surface area contributed by atoms with Crippen molar-refractivity contribution in [1.29, 1.82) is 0 Å².